The number of hydrogen-bond acceptors (Lipinski definition) is 2. The fourth-order valence-electron chi connectivity index (χ4n) is 2.39. The van der Waals surface area contributed by atoms with E-state index in [1.807, 2.05) is 0 Å². The molecule has 1 N–H and O–H groups in total. The van der Waals surface area contributed by atoms with Crippen molar-refractivity contribution < 1.29 is 0 Å². The minimum atomic E-state index is 0.164. The lowest BCUT2D eigenvalue weighted by atomic mass is 10.0. The SMILES string of the molecule is CCC(C)N(CC)c1ccc(CNC(C)(C)C)c(C)c1. The first-order valence-electron chi connectivity index (χ1n) is 7.89. The Balaban J connectivity index is 2.86. The van der Waals surface area contributed by atoms with Gasteiger partial charge < -0.3 is 10.2 Å². The van der Waals surface area contributed by atoms with E-state index in [0.717, 1.165) is 13.1 Å². The molecule has 114 valence electrons. The Labute approximate surface area is 125 Å². The van der Waals surface area contributed by atoms with Crippen LogP contribution in [0.15, 0.2) is 18.2 Å². The minimum Gasteiger partial charge on any atom is -0.369 e. The molecule has 1 aromatic carbocycles. The molecule has 0 radical (unpaired) electrons. The average molecular weight is 276 g/mol. The zero-order chi connectivity index (χ0) is 15.3. The van der Waals surface area contributed by atoms with Crippen LogP contribution in [0.2, 0.25) is 0 Å². The molecule has 1 rings (SSSR count). The number of benzene rings is 1. The summed E-state index contributed by atoms with van der Waals surface area (Å²) in [6, 6.07) is 7.46. The molecule has 2 nitrogen and oxygen atoms in total. The monoisotopic (exact) mass is 276 g/mol. The predicted molar refractivity (Wildman–Crippen MR) is 90.5 cm³/mol. The maximum absolute atomic E-state index is 3.56. The number of nitrogens with zero attached hydrogens (tertiary/aromatic N) is 1. The van der Waals surface area contributed by atoms with Gasteiger partial charge in [0.25, 0.3) is 0 Å². The van der Waals surface area contributed by atoms with Crippen LogP contribution < -0.4 is 10.2 Å². The molecule has 0 aliphatic heterocycles. The highest BCUT2D eigenvalue weighted by atomic mass is 15.1. The van der Waals surface area contributed by atoms with Crippen LogP contribution in [0.5, 0.6) is 0 Å². The first kappa shape index (κ1) is 17.0. The van der Waals surface area contributed by atoms with Gasteiger partial charge in [0.05, 0.1) is 0 Å². The van der Waals surface area contributed by atoms with E-state index in [2.05, 4.69) is 76.9 Å². The second kappa shape index (κ2) is 7.12. The third-order valence-corrected chi connectivity index (χ3v) is 3.93. The highest BCUT2D eigenvalue weighted by Gasteiger charge is 2.13. The molecule has 0 bridgehead atoms. The van der Waals surface area contributed by atoms with E-state index in [9.17, 15) is 0 Å². The highest BCUT2D eigenvalue weighted by Crippen LogP contribution is 2.22. The molecular formula is C18H32N2. The third kappa shape index (κ3) is 4.82. The summed E-state index contributed by atoms with van der Waals surface area (Å²) in [5.74, 6) is 0. The van der Waals surface area contributed by atoms with Crippen LogP contribution in [-0.4, -0.2) is 18.1 Å². The summed E-state index contributed by atoms with van der Waals surface area (Å²) in [5.41, 5.74) is 4.28. The Bertz CT molecular complexity index is 418. The van der Waals surface area contributed by atoms with Gasteiger partial charge >= 0.3 is 0 Å². The molecule has 0 fully saturated rings. The molecule has 20 heavy (non-hydrogen) atoms. The Morgan fingerprint density at radius 2 is 1.85 bits per heavy atom. The van der Waals surface area contributed by atoms with Crippen LogP contribution in [0, 0.1) is 6.92 Å². The topological polar surface area (TPSA) is 15.3 Å². The van der Waals surface area contributed by atoms with Crippen LogP contribution >= 0.6 is 0 Å². The van der Waals surface area contributed by atoms with Crippen molar-refractivity contribution >= 4 is 5.69 Å². The Morgan fingerprint density at radius 1 is 1.20 bits per heavy atom. The number of hydrogen-bond donors (Lipinski definition) is 1. The van der Waals surface area contributed by atoms with Gasteiger partial charge in [-0.3, -0.25) is 0 Å². The maximum Gasteiger partial charge on any atom is 0.0371 e. The molecule has 0 spiro atoms. The largest absolute Gasteiger partial charge is 0.369 e. The van der Waals surface area contributed by atoms with Crippen molar-refractivity contribution in [2.45, 2.75) is 73.0 Å². The van der Waals surface area contributed by atoms with Gasteiger partial charge in [-0.1, -0.05) is 13.0 Å². The Kier molecular flexibility index (Phi) is 6.07. The van der Waals surface area contributed by atoms with Crippen molar-refractivity contribution in [2.75, 3.05) is 11.4 Å². The van der Waals surface area contributed by atoms with Crippen LogP contribution in [0.3, 0.4) is 0 Å². The van der Waals surface area contributed by atoms with E-state index in [1.54, 1.807) is 0 Å². The average Bonchev–Trinajstić information content (AvgIpc) is 2.37. The summed E-state index contributed by atoms with van der Waals surface area (Å²) in [7, 11) is 0. The van der Waals surface area contributed by atoms with Crippen LogP contribution in [0.4, 0.5) is 5.69 Å². The maximum atomic E-state index is 3.56. The van der Waals surface area contributed by atoms with Gasteiger partial charge in [-0.05, 0) is 71.2 Å². The molecule has 0 saturated heterocycles. The standard InChI is InChI=1S/C18H32N2/c1-8-15(4)20(9-2)17-11-10-16(14(3)12-17)13-19-18(5,6)7/h10-12,15,19H,8-9,13H2,1-7H3. The Hall–Kier alpha value is -1.02. The summed E-state index contributed by atoms with van der Waals surface area (Å²) in [6.45, 7) is 17.6. The molecule has 0 aromatic heterocycles. The molecule has 1 atom stereocenters. The molecule has 0 heterocycles. The minimum absolute atomic E-state index is 0.164. The van der Waals surface area contributed by atoms with E-state index in [0.29, 0.717) is 6.04 Å². The molecule has 1 aromatic rings. The number of aryl methyl sites for hydroxylation is 1. The molecule has 0 aliphatic carbocycles. The van der Waals surface area contributed by atoms with Crippen LogP contribution in [0.1, 0.15) is 59.1 Å². The van der Waals surface area contributed by atoms with Gasteiger partial charge in [-0.25, -0.2) is 0 Å². The van der Waals surface area contributed by atoms with Gasteiger partial charge in [-0.15, -0.1) is 0 Å². The lowest BCUT2D eigenvalue weighted by Crippen LogP contribution is -2.35. The quantitative estimate of drug-likeness (QED) is 0.822. The van der Waals surface area contributed by atoms with Gasteiger partial charge in [-0.2, -0.15) is 0 Å². The summed E-state index contributed by atoms with van der Waals surface area (Å²) in [4.78, 5) is 2.48. The number of anilines is 1. The van der Waals surface area contributed by atoms with Crippen LogP contribution in [-0.2, 0) is 6.54 Å². The van der Waals surface area contributed by atoms with Crippen molar-refractivity contribution in [3.63, 3.8) is 0 Å². The number of nitrogens with one attached hydrogen (secondary N) is 1. The molecule has 0 aliphatic rings. The number of rotatable bonds is 6. The molecular weight excluding hydrogens is 244 g/mol. The van der Waals surface area contributed by atoms with Gasteiger partial charge in [0.1, 0.15) is 0 Å². The Morgan fingerprint density at radius 3 is 2.30 bits per heavy atom. The van der Waals surface area contributed by atoms with Gasteiger partial charge in [0.2, 0.25) is 0 Å². The normalized spacial score (nSPS) is 13.3. The van der Waals surface area contributed by atoms with E-state index >= 15 is 0 Å². The van der Waals surface area contributed by atoms with Gasteiger partial charge in [0, 0.05) is 30.4 Å². The lowest BCUT2D eigenvalue weighted by molar-refractivity contribution is 0.424. The molecule has 2 heteroatoms. The smallest absolute Gasteiger partial charge is 0.0371 e. The zero-order valence-electron chi connectivity index (χ0n) is 14.4. The second-order valence-corrected chi connectivity index (χ2v) is 6.76. The predicted octanol–water partition coefficient (Wildman–Crippen LogP) is 4.51. The summed E-state index contributed by atoms with van der Waals surface area (Å²) < 4.78 is 0. The fraction of sp³-hybridized carbons (Fsp3) is 0.667. The van der Waals surface area contributed by atoms with Crippen molar-refractivity contribution in [2.24, 2.45) is 0 Å². The zero-order valence-corrected chi connectivity index (χ0v) is 14.4. The first-order valence-corrected chi connectivity index (χ1v) is 7.89. The van der Waals surface area contributed by atoms with Crippen LogP contribution in [0.25, 0.3) is 0 Å². The van der Waals surface area contributed by atoms with E-state index in [-0.39, 0.29) is 5.54 Å². The van der Waals surface area contributed by atoms with E-state index < -0.39 is 0 Å². The first-order chi connectivity index (χ1) is 9.28. The second-order valence-electron chi connectivity index (χ2n) is 6.76. The lowest BCUT2D eigenvalue weighted by Gasteiger charge is -2.30. The fourth-order valence-corrected chi connectivity index (χ4v) is 2.39. The van der Waals surface area contributed by atoms with Crippen molar-refractivity contribution in [3.8, 4) is 0 Å². The summed E-state index contributed by atoms with van der Waals surface area (Å²) in [6.07, 6.45) is 1.18. The molecule has 0 amide bonds. The third-order valence-electron chi connectivity index (χ3n) is 3.93. The van der Waals surface area contributed by atoms with E-state index in [1.165, 1.54) is 23.2 Å². The summed E-state index contributed by atoms with van der Waals surface area (Å²) >= 11 is 0. The van der Waals surface area contributed by atoms with Crippen molar-refractivity contribution in [3.05, 3.63) is 29.3 Å². The highest BCUT2D eigenvalue weighted by molar-refractivity contribution is 5.51. The van der Waals surface area contributed by atoms with Gasteiger partial charge in [0.15, 0.2) is 0 Å². The summed E-state index contributed by atoms with van der Waals surface area (Å²) in [5, 5.41) is 3.56. The molecule has 0 saturated carbocycles. The molecule has 1 unspecified atom stereocenters. The van der Waals surface area contributed by atoms with Crippen molar-refractivity contribution in [1.82, 2.24) is 5.32 Å². The van der Waals surface area contributed by atoms with E-state index in [4.69, 9.17) is 0 Å². The van der Waals surface area contributed by atoms with Crippen molar-refractivity contribution in [1.29, 1.82) is 0 Å².